The summed E-state index contributed by atoms with van der Waals surface area (Å²) in [5.41, 5.74) is 1.25. The number of benzene rings is 1. The Bertz CT molecular complexity index is 637. The van der Waals surface area contributed by atoms with Gasteiger partial charge in [0.1, 0.15) is 0 Å². The number of pyridine rings is 1. The summed E-state index contributed by atoms with van der Waals surface area (Å²) in [5.74, 6) is 0.500. The van der Waals surface area contributed by atoms with Crippen molar-refractivity contribution in [3.8, 4) is 0 Å². The highest BCUT2D eigenvalue weighted by Crippen LogP contribution is 2.12. The van der Waals surface area contributed by atoms with E-state index in [-0.39, 0.29) is 11.0 Å². The van der Waals surface area contributed by atoms with Crippen LogP contribution in [0.25, 0.3) is 10.9 Å². The van der Waals surface area contributed by atoms with Crippen molar-refractivity contribution in [3.05, 3.63) is 46.8 Å². The highest BCUT2D eigenvalue weighted by Gasteiger charge is 2.12. The van der Waals surface area contributed by atoms with Crippen molar-refractivity contribution in [1.82, 2.24) is 9.88 Å². The lowest BCUT2D eigenvalue weighted by atomic mass is 10.1. The third kappa shape index (κ3) is 3.70. The molecule has 108 valence electrons. The second kappa shape index (κ2) is 5.80. The van der Waals surface area contributed by atoms with Gasteiger partial charge in [-0.05, 0) is 45.4 Å². The smallest absolute Gasteiger partial charge is 0.189 e. The van der Waals surface area contributed by atoms with Gasteiger partial charge in [0.05, 0.1) is 5.52 Å². The normalized spacial score (nSPS) is 13.6. The molecule has 0 saturated carbocycles. The Kier molecular flexibility index (Phi) is 4.29. The summed E-state index contributed by atoms with van der Waals surface area (Å²) < 4.78 is 2.17. The highest BCUT2D eigenvalue weighted by molar-refractivity contribution is 5.78. The van der Waals surface area contributed by atoms with E-state index in [2.05, 4.69) is 37.6 Å². The van der Waals surface area contributed by atoms with Gasteiger partial charge in [-0.25, -0.2) is 0 Å². The number of para-hydroxylation sites is 1. The average molecular weight is 272 g/mol. The molecule has 1 heterocycles. The van der Waals surface area contributed by atoms with Gasteiger partial charge in [0.2, 0.25) is 0 Å². The summed E-state index contributed by atoms with van der Waals surface area (Å²) in [7, 11) is 0. The second-order valence-corrected chi connectivity index (χ2v) is 6.59. The Morgan fingerprint density at radius 1 is 1.20 bits per heavy atom. The second-order valence-electron chi connectivity index (χ2n) is 6.59. The predicted molar refractivity (Wildman–Crippen MR) is 85.1 cm³/mol. The number of fused-ring (bicyclic) bond motifs is 1. The first kappa shape index (κ1) is 14.8. The first-order chi connectivity index (χ1) is 9.37. The fourth-order valence-corrected chi connectivity index (χ4v) is 2.30. The number of nitrogens with zero attached hydrogens (tertiary/aromatic N) is 1. The molecule has 0 amide bonds. The van der Waals surface area contributed by atoms with Crippen LogP contribution in [0.4, 0.5) is 0 Å². The Morgan fingerprint density at radius 3 is 2.60 bits per heavy atom. The summed E-state index contributed by atoms with van der Waals surface area (Å²) in [5, 5.41) is 4.32. The summed E-state index contributed by atoms with van der Waals surface area (Å²) in [4.78, 5) is 11.8. The number of aromatic nitrogens is 1. The largest absolute Gasteiger partial charge is 0.347 e. The minimum absolute atomic E-state index is 0.0947. The van der Waals surface area contributed by atoms with Crippen LogP contribution in [0.1, 0.15) is 27.7 Å². The fraction of sp³-hybridized carbons (Fsp3) is 0.471. The van der Waals surface area contributed by atoms with Gasteiger partial charge in [-0.3, -0.25) is 4.79 Å². The van der Waals surface area contributed by atoms with Gasteiger partial charge in [-0.1, -0.05) is 19.1 Å². The van der Waals surface area contributed by atoms with Crippen molar-refractivity contribution in [1.29, 1.82) is 0 Å². The molecule has 1 atom stereocenters. The van der Waals surface area contributed by atoms with E-state index in [1.54, 1.807) is 6.07 Å². The van der Waals surface area contributed by atoms with Crippen LogP contribution in [0.15, 0.2) is 41.3 Å². The molecule has 1 aromatic carbocycles. The number of hydrogen-bond acceptors (Lipinski definition) is 2. The quantitative estimate of drug-likeness (QED) is 0.928. The van der Waals surface area contributed by atoms with Crippen LogP contribution >= 0.6 is 0 Å². The third-order valence-corrected chi connectivity index (χ3v) is 3.37. The minimum Gasteiger partial charge on any atom is -0.347 e. The zero-order valence-corrected chi connectivity index (χ0v) is 12.8. The lowest BCUT2D eigenvalue weighted by Crippen LogP contribution is -2.39. The van der Waals surface area contributed by atoms with Gasteiger partial charge in [-0.2, -0.15) is 0 Å². The maximum Gasteiger partial charge on any atom is 0.189 e. The molecule has 0 fully saturated rings. The van der Waals surface area contributed by atoms with Crippen molar-refractivity contribution in [2.24, 2.45) is 5.92 Å². The van der Waals surface area contributed by atoms with Crippen molar-refractivity contribution in [3.63, 3.8) is 0 Å². The van der Waals surface area contributed by atoms with Crippen molar-refractivity contribution in [2.75, 3.05) is 6.54 Å². The van der Waals surface area contributed by atoms with Gasteiger partial charge < -0.3 is 9.88 Å². The van der Waals surface area contributed by atoms with E-state index >= 15 is 0 Å². The van der Waals surface area contributed by atoms with Crippen LogP contribution in [-0.2, 0) is 6.54 Å². The van der Waals surface area contributed by atoms with Gasteiger partial charge in [-0.15, -0.1) is 0 Å². The van der Waals surface area contributed by atoms with Crippen molar-refractivity contribution in [2.45, 2.75) is 39.8 Å². The molecule has 1 aromatic heterocycles. The van der Waals surface area contributed by atoms with E-state index in [0.29, 0.717) is 5.92 Å². The Hall–Kier alpha value is -1.61. The maximum absolute atomic E-state index is 11.8. The molecule has 1 unspecified atom stereocenters. The summed E-state index contributed by atoms with van der Waals surface area (Å²) >= 11 is 0. The molecule has 2 aromatic rings. The van der Waals surface area contributed by atoms with E-state index in [9.17, 15) is 4.79 Å². The molecule has 3 heteroatoms. The predicted octanol–water partition coefficient (Wildman–Crippen LogP) is 3.03. The Labute approximate surface area is 120 Å². The molecule has 0 aliphatic rings. The highest BCUT2D eigenvalue weighted by atomic mass is 16.1. The summed E-state index contributed by atoms with van der Waals surface area (Å²) in [6.45, 7) is 10.6. The Balaban J connectivity index is 2.18. The summed E-state index contributed by atoms with van der Waals surface area (Å²) in [6, 6.07) is 9.47. The first-order valence-electron chi connectivity index (χ1n) is 7.20. The molecule has 2 rings (SSSR count). The Morgan fingerprint density at radius 2 is 1.90 bits per heavy atom. The standard InChI is InChI=1S/C17H24N2O/c1-13(11-18-17(2,3)4)12-19-10-9-16(20)14-7-5-6-8-15(14)19/h5-10,13,18H,11-12H2,1-4H3. The van der Waals surface area contributed by atoms with Crippen LogP contribution in [0, 0.1) is 5.92 Å². The van der Waals surface area contributed by atoms with Crippen LogP contribution in [0.3, 0.4) is 0 Å². The van der Waals surface area contributed by atoms with Crippen LogP contribution < -0.4 is 10.7 Å². The maximum atomic E-state index is 11.8. The molecule has 1 N–H and O–H groups in total. The van der Waals surface area contributed by atoms with E-state index in [4.69, 9.17) is 0 Å². The molecule has 0 spiro atoms. The lowest BCUT2D eigenvalue weighted by Gasteiger charge is -2.24. The molecule has 0 radical (unpaired) electrons. The molecule has 0 bridgehead atoms. The van der Waals surface area contributed by atoms with Crippen LogP contribution in [0.5, 0.6) is 0 Å². The molecular weight excluding hydrogens is 248 g/mol. The fourth-order valence-electron chi connectivity index (χ4n) is 2.30. The van der Waals surface area contributed by atoms with Gasteiger partial charge >= 0.3 is 0 Å². The molecule has 0 saturated heterocycles. The van der Waals surface area contributed by atoms with Crippen LogP contribution in [-0.4, -0.2) is 16.7 Å². The average Bonchev–Trinajstić information content (AvgIpc) is 2.39. The SMILES string of the molecule is CC(CNC(C)(C)C)Cn1ccc(=O)c2ccccc21. The molecule has 0 aliphatic heterocycles. The van der Waals surface area contributed by atoms with E-state index < -0.39 is 0 Å². The zero-order chi connectivity index (χ0) is 14.8. The van der Waals surface area contributed by atoms with E-state index in [1.807, 2.05) is 30.5 Å². The summed E-state index contributed by atoms with van der Waals surface area (Å²) in [6.07, 6.45) is 1.90. The van der Waals surface area contributed by atoms with Gasteiger partial charge in [0.25, 0.3) is 0 Å². The van der Waals surface area contributed by atoms with Gasteiger partial charge in [0, 0.05) is 29.7 Å². The lowest BCUT2D eigenvalue weighted by molar-refractivity contribution is 0.362. The minimum atomic E-state index is 0.0947. The monoisotopic (exact) mass is 272 g/mol. The molecule has 3 nitrogen and oxygen atoms in total. The van der Waals surface area contributed by atoms with E-state index in [1.165, 1.54) is 0 Å². The topological polar surface area (TPSA) is 34.0 Å². The third-order valence-electron chi connectivity index (χ3n) is 3.37. The first-order valence-corrected chi connectivity index (χ1v) is 7.20. The number of hydrogen-bond donors (Lipinski definition) is 1. The number of rotatable bonds is 4. The van der Waals surface area contributed by atoms with Crippen molar-refractivity contribution < 1.29 is 0 Å². The number of nitrogens with one attached hydrogen (secondary N) is 1. The van der Waals surface area contributed by atoms with Crippen LogP contribution in [0.2, 0.25) is 0 Å². The van der Waals surface area contributed by atoms with E-state index in [0.717, 1.165) is 24.0 Å². The molecule has 0 aliphatic carbocycles. The van der Waals surface area contributed by atoms with Gasteiger partial charge in [0.15, 0.2) is 5.43 Å². The molecule has 20 heavy (non-hydrogen) atoms. The molecular formula is C17H24N2O. The zero-order valence-electron chi connectivity index (χ0n) is 12.8. The van der Waals surface area contributed by atoms with Crippen molar-refractivity contribution >= 4 is 10.9 Å².